The van der Waals surface area contributed by atoms with Crippen LogP contribution in [0.1, 0.15) is 33.6 Å². The van der Waals surface area contributed by atoms with Crippen LogP contribution in [0, 0.1) is 0 Å². The Labute approximate surface area is 184 Å². The standard InChI is InChI=1S/C19H19Br2N3O5/c1-29-15-10-11(9-14(21)17(15)26)18(27)24-23-16(25)7-4-8-22-19(28)12-5-2-3-6-13(12)20/h2-3,5-6,9-10,26H,4,7-8H2,1H3,(H,22,28)(H,23,25)(H,24,27). The summed E-state index contributed by atoms with van der Waals surface area (Å²) in [5.74, 6) is -1.22. The summed E-state index contributed by atoms with van der Waals surface area (Å²) in [7, 11) is 1.36. The molecule has 8 nitrogen and oxygen atoms in total. The van der Waals surface area contributed by atoms with E-state index in [0.29, 0.717) is 23.0 Å². The number of hydrazine groups is 1. The van der Waals surface area contributed by atoms with Gasteiger partial charge in [-0.3, -0.25) is 25.2 Å². The summed E-state index contributed by atoms with van der Waals surface area (Å²) in [4.78, 5) is 36.1. The third-order valence-corrected chi connectivity index (χ3v) is 5.11. The lowest BCUT2D eigenvalue weighted by molar-refractivity contribution is -0.121. The van der Waals surface area contributed by atoms with Crippen molar-refractivity contribution in [2.75, 3.05) is 13.7 Å². The van der Waals surface area contributed by atoms with Crippen molar-refractivity contribution in [2.45, 2.75) is 12.8 Å². The molecule has 0 saturated carbocycles. The first-order chi connectivity index (χ1) is 13.8. The molecule has 3 amide bonds. The lowest BCUT2D eigenvalue weighted by atomic mass is 10.2. The molecule has 0 radical (unpaired) electrons. The van der Waals surface area contributed by atoms with Crippen molar-refractivity contribution in [1.29, 1.82) is 0 Å². The highest BCUT2D eigenvalue weighted by molar-refractivity contribution is 9.10. The lowest BCUT2D eigenvalue weighted by Crippen LogP contribution is -2.41. The van der Waals surface area contributed by atoms with Gasteiger partial charge in [0, 0.05) is 23.0 Å². The van der Waals surface area contributed by atoms with Gasteiger partial charge in [-0.05, 0) is 62.5 Å². The molecule has 4 N–H and O–H groups in total. The van der Waals surface area contributed by atoms with Crippen molar-refractivity contribution in [3.05, 3.63) is 56.5 Å². The predicted molar refractivity (Wildman–Crippen MR) is 114 cm³/mol. The van der Waals surface area contributed by atoms with Gasteiger partial charge in [-0.1, -0.05) is 12.1 Å². The molecule has 2 rings (SSSR count). The zero-order valence-corrected chi connectivity index (χ0v) is 18.6. The minimum Gasteiger partial charge on any atom is -0.503 e. The molecule has 0 aliphatic rings. The van der Waals surface area contributed by atoms with Crippen LogP contribution in [0.4, 0.5) is 0 Å². The Morgan fingerprint density at radius 3 is 2.45 bits per heavy atom. The van der Waals surface area contributed by atoms with Crippen LogP contribution in [0.15, 0.2) is 45.3 Å². The van der Waals surface area contributed by atoms with Crippen LogP contribution in [0.3, 0.4) is 0 Å². The van der Waals surface area contributed by atoms with Crippen molar-refractivity contribution >= 4 is 49.6 Å². The van der Waals surface area contributed by atoms with E-state index in [0.717, 1.165) is 0 Å². The van der Waals surface area contributed by atoms with Crippen LogP contribution in [-0.4, -0.2) is 36.5 Å². The first kappa shape index (κ1) is 22.7. The fourth-order valence-corrected chi connectivity index (χ4v) is 3.22. The molecular weight excluding hydrogens is 510 g/mol. The van der Waals surface area contributed by atoms with Crippen LogP contribution in [-0.2, 0) is 4.79 Å². The van der Waals surface area contributed by atoms with E-state index in [1.807, 2.05) is 6.07 Å². The van der Waals surface area contributed by atoms with E-state index in [1.54, 1.807) is 18.2 Å². The van der Waals surface area contributed by atoms with E-state index in [9.17, 15) is 19.5 Å². The molecule has 0 heterocycles. The molecule has 0 aliphatic heterocycles. The number of ether oxygens (including phenoxy) is 1. The van der Waals surface area contributed by atoms with Crippen LogP contribution in [0.2, 0.25) is 0 Å². The lowest BCUT2D eigenvalue weighted by Gasteiger charge is -2.11. The van der Waals surface area contributed by atoms with Crippen LogP contribution in [0.25, 0.3) is 0 Å². The zero-order valence-electron chi connectivity index (χ0n) is 15.4. The molecule has 2 aromatic rings. The minimum atomic E-state index is -0.570. The number of aromatic hydroxyl groups is 1. The van der Waals surface area contributed by atoms with Gasteiger partial charge in [-0.2, -0.15) is 0 Å². The van der Waals surface area contributed by atoms with Crippen LogP contribution in [0.5, 0.6) is 11.5 Å². The first-order valence-electron chi connectivity index (χ1n) is 8.52. The molecule has 154 valence electrons. The molecule has 10 heteroatoms. The number of hydrogen-bond donors (Lipinski definition) is 4. The normalized spacial score (nSPS) is 10.2. The highest BCUT2D eigenvalue weighted by Gasteiger charge is 2.14. The third kappa shape index (κ3) is 6.47. The fraction of sp³-hybridized carbons (Fsp3) is 0.211. The van der Waals surface area contributed by atoms with Crippen molar-refractivity contribution in [1.82, 2.24) is 16.2 Å². The third-order valence-electron chi connectivity index (χ3n) is 3.81. The molecule has 0 spiro atoms. The number of nitrogens with one attached hydrogen (secondary N) is 3. The largest absolute Gasteiger partial charge is 0.503 e. The molecule has 0 aromatic heterocycles. The number of benzene rings is 2. The predicted octanol–water partition coefficient (Wildman–Crippen LogP) is 2.90. The Morgan fingerprint density at radius 1 is 1.03 bits per heavy atom. The summed E-state index contributed by atoms with van der Waals surface area (Å²) < 4.78 is 5.96. The average Bonchev–Trinajstić information content (AvgIpc) is 2.71. The average molecular weight is 529 g/mol. The van der Waals surface area contributed by atoms with Gasteiger partial charge in [0.1, 0.15) is 0 Å². The highest BCUT2D eigenvalue weighted by Crippen LogP contribution is 2.35. The molecule has 2 aromatic carbocycles. The number of amides is 3. The number of methoxy groups -OCH3 is 1. The monoisotopic (exact) mass is 527 g/mol. The summed E-state index contributed by atoms with van der Waals surface area (Å²) in [5.41, 5.74) is 5.29. The molecule has 0 fully saturated rings. The molecule has 0 aliphatic carbocycles. The van der Waals surface area contributed by atoms with E-state index in [-0.39, 0.29) is 33.9 Å². The summed E-state index contributed by atoms with van der Waals surface area (Å²) >= 11 is 6.44. The summed E-state index contributed by atoms with van der Waals surface area (Å²) in [5, 5.41) is 12.5. The molecule has 0 atom stereocenters. The van der Waals surface area contributed by atoms with Gasteiger partial charge < -0.3 is 15.2 Å². The number of halogens is 2. The smallest absolute Gasteiger partial charge is 0.269 e. The van der Waals surface area contributed by atoms with Gasteiger partial charge in [0.2, 0.25) is 5.91 Å². The van der Waals surface area contributed by atoms with Crippen molar-refractivity contribution in [2.24, 2.45) is 0 Å². The summed E-state index contributed by atoms with van der Waals surface area (Å²) in [6.07, 6.45) is 0.510. The summed E-state index contributed by atoms with van der Waals surface area (Å²) in [6, 6.07) is 9.78. The van der Waals surface area contributed by atoms with E-state index < -0.39 is 11.8 Å². The van der Waals surface area contributed by atoms with E-state index in [2.05, 4.69) is 48.0 Å². The Morgan fingerprint density at radius 2 is 1.76 bits per heavy atom. The maximum atomic E-state index is 12.1. The number of carbonyl (C=O) groups excluding carboxylic acids is 3. The Bertz CT molecular complexity index is 921. The van der Waals surface area contributed by atoms with Gasteiger partial charge in [0.05, 0.1) is 17.1 Å². The van der Waals surface area contributed by atoms with Crippen LogP contribution >= 0.6 is 31.9 Å². The maximum Gasteiger partial charge on any atom is 0.269 e. The Kier molecular flexibility index (Phi) is 8.47. The van der Waals surface area contributed by atoms with Gasteiger partial charge in [-0.25, -0.2) is 0 Å². The van der Waals surface area contributed by atoms with Gasteiger partial charge in [-0.15, -0.1) is 0 Å². The fourth-order valence-electron chi connectivity index (χ4n) is 2.31. The van der Waals surface area contributed by atoms with Crippen molar-refractivity contribution in [3.63, 3.8) is 0 Å². The zero-order chi connectivity index (χ0) is 21.4. The summed E-state index contributed by atoms with van der Waals surface area (Å²) in [6.45, 7) is 0.309. The van der Waals surface area contributed by atoms with E-state index in [1.165, 1.54) is 19.2 Å². The van der Waals surface area contributed by atoms with Gasteiger partial charge in [0.25, 0.3) is 11.8 Å². The van der Waals surface area contributed by atoms with E-state index >= 15 is 0 Å². The van der Waals surface area contributed by atoms with Crippen LogP contribution < -0.4 is 20.9 Å². The molecule has 0 bridgehead atoms. The molecule has 0 saturated heterocycles. The Hall–Kier alpha value is -2.59. The second-order valence-electron chi connectivity index (χ2n) is 5.85. The van der Waals surface area contributed by atoms with E-state index in [4.69, 9.17) is 4.74 Å². The number of rotatable bonds is 7. The highest BCUT2D eigenvalue weighted by atomic mass is 79.9. The first-order valence-corrected chi connectivity index (χ1v) is 10.1. The molecule has 0 unspecified atom stereocenters. The van der Waals surface area contributed by atoms with Crippen molar-refractivity contribution in [3.8, 4) is 11.5 Å². The number of phenolic OH excluding ortho intramolecular Hbond substituents is 1. The van der Waals surface area contributed by atoms with Crippen molar-refractivity contribution < 1.29 is 24.2 Å². The molecular formula is C19H19Br2N3O5. The second-order valence-corrected chi connectivity index (χ2v) is 7.56. The van der Waals surface area contributed by atoms with Gasteiger partial charge in [0.15, 0.2) is 11.5 Å². The topological polar surface area (TPSA) is 117 Å². The minimum absolute atomic E-state index is 0.110. The number of phenols is 1. The number of carbonyl (C=O) groups is 3. The second kappa shape index (κ2) is 10.8. The SMILES string of the molecule is COc1cc(C(=O)NNC(=O)CCCNC(=O)c2ccccc2Br)cc(Br)c1O. The number of hydrogen-bond acceptors (Lipinski definition) is 5. The molecule has 29 heavy (non-hydrogen) atoms. The quantitative estimate of drug-likeness (QED) is 0.325. The maximum absolute atomic E-state index is 12.1. The van der Waals surface area contributed by atoms with Gasteiger partial charge >= 0.3 is 0 Å². The Balaban J connectivity index is 1.75.